The van der Waals surface area contributed by atoms with E-state index in [1.807, 2.05) is 12.5 Å². The monoisotopic (exact) mass is 354 g/mol. The Labute approximate surface area is 151 Å². The van der Waals surface area contributed by atoms with Crippen molar-refractivity contribution >= 4 is 23.5 Å². The van der Waals surface area contributed by atoms with Crippen LogP contribution in [0.2, 0.25) is 0 Å². The van der Waals surface area contributed by atoms with E-state index in [9.17, 15) is 0 Å². The molecule has 2 nitrogen and oxygen atoms in total. The molecule has 2 unspecified atom stereocenters. The molecule has 1 aromatic rings. The normalized spacial score (nSPS) is 24.9. The van der Waals surface area contributed by atoms with E-state index in [4.69, 9.17) is 0 Å². The predicted octanol–water partition coefficient (Wildman–Crippen LogP) is 6.37. The highest BCUT2D eigenvalue weighted by molar-refractivity contribution is 8.19. The van der Waals surface area contributed by atoms with Gasteiger partial charge < -0.3 is 4.57 Å². The fraction of sp³-hybridized carbons (Fsp3) is 0.842. The number of aromatic nitrogens is 2. The summed E-state index contributed by atoms with van der Waals surface area (Å²) in [4.78, 5) is 4.23. The van der Waals surface area contributed by atoms with E-state index in [2.05, 4.69) is 53.1 Å². The van der Waals surface area contributed by atoms with Gasteiger partial charge in [-0.1, -0.05) is 65.2 Å². The minimum Gasteiger partial charge on any atom is -0.335 e. The van der Waals surface area contributed by atoms with Crippen molar-refractivity contribution in [2.24, 2.45) is 0 Å². The number of unbranched alkanes of at least 4 members (excludes halogenated alkanes) is 7. The molecule has 0 saturated carbocycles. The molecule has 0 bridgehead atoms. The molecule has 1 fully saturated rings. The third kappa shape index (κ3) is 7.13. The van der Waals surface area contributed by atoms with Gasteiger partial charge in [0.25, 0.3) is 0 Å². The van der Waals surface area contributed by atoms with Gasteiger partial charge in [-0.3, -0.25) is 0 Å². The average molecular weight is 355 g/mol. The van der Waals surface area contributed by atoms with Crippen LogP contribution in [-0.4, -0.2) is 24.6 Å². The summed E-state index contributed by atoms with van der Waals surface area (Å²) in [6.45, 7) is 5.81. The number of rotatable bonds is 11. The van der Waals surface area contributed by atoms with Crippen LogP contribution in [-0.2, 0) is 6.54 Å². The Morgan fingerprint density at radius 3 is 2.52 bits per heavy atom. The summed E-state index contributed by atoms with van der Waals surface area (Å²) in [6.07, 6.45) is 20.0. The summed E-state index contributed by atoms with van der Waals surface area (Å²) >= 11 is 4.42. The first-order chi connectivity index (χ1) is 11.2. The fourth-order valence-electron chi connectivity index (χ4n) is 3.35. The number of imidazole rings is 1. The second-order valence-electron chi connectivity index (χ2n) is 6.94. The van der Waals surface area contributed by atoms with Crippen molar-refractivity contribution in [1.29, 1.82) is 0 Å². The molecule has 1 saturated heterocycles. The lowest BCUT2D eigenvalue weighted by Gasteiger charge is -2.39. The van der Waals surface area contributed by atoms with E-state index in [1.54, 1.807) is 0 Å². The van der Waals surface area contributed by atoms with Crippen LogP contribution in [0.4, 0.5) is 0 Å². The Bertz CT molecular complexity index is 408. The number of nitrogens with zero attached hydrogens (tertiary/aromatic N) is 2. The zero-order valence-corrected chi connectivity index (χ0v) is 16.6. The summed E-state index contributed by atoms with van der Waals surface area (Å²) in [5.74, 6) is 1.32. The van der Waals surface area contributed by atoms with Crippen molar-refractivity contribution < 1.29 is 0 Å². The van der Waals surface area contributed by atoms with E-state index in [1.165, 1.54) is 70.0 Å². The highest BCUT2D eigenvalue weighted by Gasteiger charge is 2.36. The Kier molecular flexibility index (Phi) is 8.96. The topological polar surface area (TPSA) is 17.8 Å². The van der Waals surface area contributed by atoms with Crippen molar-refractivity contribution in [3.63, 3.8) is 0 Å². The van der Waals surface area contributed by atoms with Crippen molar-refractivity contribution in [3.05, 3.63) is 18.7 Å². The number of hydrogen-bond acceptors (Lipinski definition) is 3. The van der Waals surface area contributed by atoms with Crippen LogP contribution in [0.1, 0.15) is 78.1 Å². The van der Waals surface area contributed by atoms with E-state index in [0.717, 1.165) is 11.8 Å². The van der Waals surface area contributed by atoms with E-state index < -0.39 is 0 Å². The van der Waals surface area contributed by atoms with Gasteiger partial charge in [-0.15, -0.1) is 23.5 Å². The molecule has 0 aliphatic carbocycles. The van der Waals surface area contributed by atoms with Gasteiger partial charge in [0.15, 0.2) is 0 Å². The quantitative estimate of drug-likeness (QED) is 0.430. The highest BCUT2D eigenvalue weighted by Crippen LogP contribution is 2.50. The van der Waals surface area contributed by atoms with Crippen molar-refractivity contribution in [1.82, 2.24) is 9.55 Å². The standard InChI is InChI=1S/C19H34N2S2/c1-3-4-5-6-7-8-9-10-12-19(16-21-14-13-20-17-21)22-15-11-18(2)23-19/h13-14,17-18H,3-12,15-16H2,1-2H3. The van der Waals surface area contributed by atoms with Gasteiger partial charge in [0.05, 0.1) is 10.4 Å². The molecule has 1 aliphatic rings. The molecule has 0 N–H and O–H groups in total. The van der Waals surface area contributed by atoms with Gasteiger partial charge in [-0.2, -0.15) is 0 Å². The second kappa shape index (κ2) is 10.7. The average Bonchev–Trinajstić information content (AvgIpc) is 3.02. The van der Waals surface area contributed by atoms with E-state index >= 15 is 0 Å². The summed E-state index contributed by atoms with van der Waals surface area (Å²) in [5, 5.41) is 0.800. The summed E-state index contributed by atoms with van der Waals surface area (Å²) < 4.78 is 2.66. The molecule has 2 atom stereocenters. The molecular weight excluding hydrogens is 320 g/mol. The first-order valence-corrected chi connectivity index (χ1v) is 11.4. The van der Waals surface area contributed by atoms with Gasteiger partial charge in [-0.05, 0) is 18.6 Å². The molecule has 0 amide bonds. The Balaban J connectivity index is 1.72. The molecule has 23 heavy (non-hydrogen) atoms. The minimum atomic E-state index is 0.376. The number of hydrogen-bond donors (Lipinski definition) is 0. The molecular formula is C19H34N2S2. The van der Waals surface area contributed by atoms with Crippen LogP contribution in [0, 0.1) is 0 Å². The third-order valence-corrected chi connectivity index (χ3v) is 8.04. The maximum absolute atomic E-state index is 4.23. The second-order valence-corrected chi connectivity index (χ2v) is 10.5. The Morgan fingerprint density at radius 1 is 1.13 bits per heavy atom. The molecule has 2 heterocycles. The van der Waals surface area contributed by atoms with Crippen LogP contribution in [0.15, 0.2) is 18.7 Å². The van der Waals surface area contributed by atoms with Crippen LogP contribution >= 0.6 is 23.5 Å². The summed E-state index contributed by atoms with van der Waals surface area (Å²) in [7, 11) is 0. The Hall–Kier alpha value is -0.0900. The third-order valence-electron chi connectivity index (χ3n) is 4.70. The lowest BCUT2D eigenvalue weighted by atomic mass is 10.1. The van der Waals surface area contributed by atoms with Crippen LogP contribution < -0.4 is 0 Å². The zero-order chi connectivity index (χ0) is 16.4. The van der Waals surface area contributed by atoms with E-state index in [0.29, 0.717) is 4.08 Å². The maximum atomic E-state index is 4.23. The van der Waals surface area contributed by atoms with Crippen LogP contribution in [0.3, 0.4) is 0 Å². The molecule has 1 aromatic heterocycles. The molecule has 2 rings (SSSR count). The van der Waals surface area contributed by atoms with Gasteiger partial charge in [0, 0.05) is 24.2 Å². The van der Waals surface area contributed by atoms with Gasteiger partial charge >= 0.3 is 0 Å². The predicted molar refractivity (Wildman–Crippen MR) is 106 cm³/mol. The first kappa shape index (κ1) is 19.2. The maximum Gasteiger partial charge on any atom is 0.0946 e. The lowest BCUT2D eigenvalue weighted by Crippen LogP contribution is -2.33. The molecule has 1 aliphatic heterocycles. The number of thioether (sulfide) groups is 2. The van der Waals surface area contributed by atoms with Crippen molar-refractivity contribution in [2.45, 2.75) is 93.9 Å². The van der Waals surface area contributed by atoms with Crippen molar-refractivity contribution in [3.8, 4) is 0 Å². The SMILES string of the molecule is CCCCCCCCCCC1(Cn2ccnc2)SCCC(C)S1. The first-order valence-electron chi connectivity index (χ1n) is 9.51. The van der Waals surface area contributed by atoms with Gasteiger partial charge in [0.1, 0.15) is 0 Å². The molecule has 0 radical (unpaired) electrons. The van der Waals surface area contributed by atoms with E-state index in [-0.39, 0.29) is 0 Å². The fourth-order valence-corrected chi connectivity index (χ4v) is 7.34. The lowest BCUT2D eigenvalue weighted by molar-refractivity contribution is 0.522. The molecule has 4 heteroatoms. The zero-order valence-electron chi connectivity index (χ0n) is 15.0. The van der Waals surface area contributed by atoms with Gasteiger partial charge in [-0.25, -0.2) is 4.98 Å². The molecule has 0 aromatic carbocycles. The molecule has 0 spiro atoms. The van der Waals surface area contributed by atoms with Crippen molar-refractivity contribution in [2.75, 3.05) is 5.75 Å². The summed E-state index contributed by atoms with van der Waals surface area (Å²) in [6, 6.07) is 0. The van der Waals surface area contributed by atoms with Crippen LogP contribution in [0.25, 0.3) is 0 Å². The molecule has 132 valence electrons. The van der Waals surface area contributed by atoms with Gasteiger partial charge in [0.2, 0.25) is 0 Å². The van der Waals surface area contributed by atoms with Crippen LogP contribution in [0.5, 0.6) is 0 Å². The smallest absolute Gasteiger partial charge is 0.0946 e. The summed E-state index contributed by atoms with van der Waals surface area (Å²) in [5.41, 5.74) is 0. The minimum absolute atomic E-state index is 0.376. The largest absolute Gasteiger partial charge is 0.335 e. The highest BCUT2D eigenvalue weighted by atomic mass is 32.2. The Morgan fingerprint density at radius 2 is 1.87 bits per heavy atom.